The van der Waals surface area contributed by atoms with Gasteiger partial charge in [-0.1, -0.05) is 30.3 Å². The summed E-state index contributed by atoms with van der Waals surface area (Å²) in [5.41, 5.74) is 3.02. The summed E-state index contributed by atoms with van der Waals surface area (Å²) in [6.45, 7) is 3.28. The summed E-state index contributed by atoms with van der Waals surface area (Å²) >= 11 is 0. The summed E-state index contributed by atoms with van der Waals surface area (Å²) in [4.78, 5) is 34.4. The highest BCUT2D eigenvalue weighted by molar-refractivity contribution is 6.05. The zero-order chi connectivity index (χ0) is 23.4. The monoisotopic (exact) mass is 443 g/mol. The van der Waals surface area contributed by atoms with Gasteiger partial charge in [-0.15, -0.1) is 0 Å². The first-order chi connectivity index (χ1) is 15.9. The second-order valence-corrected chi connectivity index (χ2v) is 7.64. The molecule has 7 heteroatoms. The summed E-state index contributed by atoms with van der Waals surface area (Å²) in [7, 11) is 0. The van der Waals surface area contributed by atoms with Crippen LogP contribution in [0.5, 0.6) is 0 Å². The van der Waals surface area contributed by atoms with Crippen LogP contribution in [0.1, 0.15) is 35.8 Å². The van der Waals surface area contributed by atoms with Crippen LogP contribution in [0.4, 0.5) is 4.39 Å². The van der Waals surface area contributed by atoms with Gasteiger partial charge in [-0.05, 0) is 55.8 Å². The lowest BCUT2D eigenvalue weighted by Gasteiger charge is -2.19. The predicted molar refractivity (Wildman–Crippen MR) is 123 cm³/mol. The van der Waals surface area contributed by atoms with Gasteiger partial charge in [0, 0.05) is 23.3 Å². The van der Waals surface area contributed by atoms with Gasteiger partial charge < -0.3 is 10.1 Å². The van der Waals surface area contributed by atoms with Crippen LogP contribution in [0.3, 0.4) is 0 Å². The van der Waals surface area contributed by atoms with Crippen molar-refractivity contribution in [3.63, 3.8) is 0 Å². The molecule has 0 saturated heterocycles. The highest BCUT2D eigenvalue weighted by Gasteiger charge is 2.23. The summed E-state index contributed by atoms with van der Waals surface area (Å²) in [5.74, 6) is -1.43. The Bertz CT molecular complexity index is 1290. The van der Waals surface area contributed by atoms with Crippen molar-refractivity contribution in [3.05, 3.63) is 96.1 Å². The molecule has 2 aromatic carbocycles. The maximum Gasteiger partial charge on any atom is 0.339 e. The van der Waals surface area contributed by atoms with Gasteiger partial charge in [0.25, 0.3) is 5.91 Å². The highest BCUT2D eigenvalue weighted by Crippen LogP contribution is 2.25. The molecule has 6 nitrogen and oxygen atoms in total. The topological polar surface area (TPSA) is 81.2 Å². The molecule has 0 bridgehead atoms. The molecular weight excluding hydrogens is 421 g/mol. The number of ether oxygens (including phenoxy) is 1. The van der Waals surface area contributed by atoms with Gasteiger partial charge in [-0.2, -0.15) is 0 Å². The number of carbonyl (C=O) groups is 2. The summed E-state index contributed by atoms with van der Waals surface area (Å²) in [6, 6.07) is 18.0. The van der Waals surface area contributed by atoms with Gasteiger partial charge in [-0.3, -0.25) is 9.78 Å². The Kier molecular flexibility index (Phi) is 6.40. The maximum absolute atomic E-state index is 13.1. The van der Waals surface area contributed by atoms with Crippen LogP contribution >= 0.6 is 0 Å². The second-order valence-electron chi connectivity index (χ2n) is 7.64. The van der Waals surface area contributed by atoms with Crippen molar-refractivity contribution in [2.45, 2.75) is 26.0 Å². The minimum absolute atomic E-state index is 0.311. The van der Waals surface area contributed by atoms with Crippen LogP contribution in [-0.4, -0.2) is 27.9 Å². The highest BCUT2D eigenvalue weighted by atomic mass is 19.1. The number of aromatic nitrogens is 2. The van der Waals surface area contributed by atoms with E-state index in [4.69, 9.17) is 4.74 Å². The number of halogens is 1. The molecule has 4 aromatic rings. The largest absolute Gasteiger partial charge is 0.449 e. The van der Waals surface area contributed by atoms with Gasteiger partial charge in [0.15, 0.2) is 6.10 Å². The molecule has 0 aliphatic carbocycles. The zero-order valence-electron chi connectivity index (χ0n) is 18.2. The summed E-state index contributed by atoms with van der Waals surface area (Å²) in [6.07, 6.45) is 2.29. The number of fused-ring (bicyclic) bond motifs is 1. The third-order valence-electron chi connectivity index (χ3n) is 5.28. The molecule has 2 heterocycles. The molecular formula is C26H22FN3O3. The Morgan fingerprint density at radius 2 is 1.76 bits per heavy atom. The number of benzene rings is 2. The van der Waals surface area contributed by atoms with Crippen LogP contribution in [0, 0.1) is 5.82 Å². The number of para-hydroxylation sites is 1. The van der Waals surface area contributed by atoms with Crippen molar-refractivity contribution in [2.75, 3.05) is 0 Å². The lowest BCUT2D eigenvalue weighted by atomic mass is 10.0. The van der Waals surface area contributed by atoms with E-state index >= 15 is 0 Å². The SMILES string of the molecule is C[C@@H](OC(=O)c1cc(-c2cccnc2)nc2ccccc12)C(=O)N[C@H](C)c1ccc(F)cc1. The van der Waals surface area contributed by atoms with E-state index in [-0.39, 0.29) is 11.9 Å². The number of nitrogens with one attached hydrogen (secondary N) is 1. The van der Waals surface area contributed by atoms with Crippen molar-refractivity contribution in [1.29, 1.82) is 0 Å². The van der Waals surface area contributed by atoms with E-state index in [2.05, 4.69) is 15.3 Å². The zero-order valence-corrected chi connectivity index (χ0v) is 18.2. The van der Waals surface area contributed by atoms with E-state index in [1.165, 1.54) is 19.1 Å². The van der Waals surface area contributed by atoms with Crippen molar-refractivity contribution < 1.29 is 18.7 Å². The minimum Gasteiger partial charge on any atom is -0.449 e. The van der Waals surface area contributed by atoms with Crippen LogP contribution in [0.25, 0.3) is 22.2 Å². The number of carbonyl (C=O) groups excluding carboxylic acids is 2. The van der Waals surface area contributed by atoms with Crippen molar-refractivity contribution in [1.82, 2.24) is 15.3 Å². The summed E-state index contributed by atoms with van der Waals surface area (Å²) in [5, 5.41) is 3.41. The van der Waals surface area contributed by atoms with E-state index in [1.54, 1.807) is 49.6 Å². The Morgan fingerprint density at radius 3 is 2.48 bits per heavy atom. The Labute approximate surface area is 190 Å². The van der Waals surface area contributed by atoms with Crippen LogP contribution < -0.4 is 5.32 Å². The molecule has 0 fully saturated rings. The molecule has 0 saturated carbocycles. The number of hydrogen-bond donors (Lipinski definition) is 1. The Balaban J connectivity index is 1.54. The van der Waals surface area contributed by atoms with Gasteiger partial charge in [-0.25, -0.2) is 14.2 Å². The van der Waals surface area contributed by atoms with E-state index in [9.17, 15) is 14.0 Å². The standard InChI is InChI=1S/C26H22FN3O3/c1-16(18-9-11-20(27)12-10-18)29-25(31)17(2)33-26(32)22-14-24(19-6-5-13-28-15-19)30-23-8-4-3-7-21(22)23/h3-17H,1-2H3,(H,29,31)/t16-,17-/m1/s1. The average molecular weight is 443 g/mol. The van der Waals surface area contributed by atoms with Crippen LogP contribution in [0.2, 0.25) is 0 Å². The average Bonchev–Trinajstić information content (AvgIpc) is 2.84. The van der Waals surface area contributed by atoms with E-state index in [0.717, 1.165) is 11.1 Å². The molecule has 2 aromatic heterocycles. The van der Waals surface area contributed by atoms with Gasteiger partial charge in [0.2, 0.25) is 0 Å². The van der Waals surface area contributed by atoms with E-state index < -0.39 is 18.0 Å². The van der Waals surface area contributed by atoms with Gasteiger partial charge in [0.1, 0.15) is 5.82 Å². The fraction of sp³-hybridized carbons (Fsp3) is 0.154. The van der Waals surface area contributed by atoms with Gasteiger partial charge in [0.05, 0.1) is 22.8 Å². The number of pyridine rings is 2. The quantitative estimate of drug-likeness (QED) is 0.431. The molecule has 1 N–H and O–H groups in total. The third kappa shape index (κ3) is 5.03. The minimum atomic E-state index is -1.03. The first-order valence-electron chi connectivity index (χ1n) is 10.5. The lowest BCUT2D eigenvalue weighted by molar-refractivity contribution is -0.129. The first-order valence-corrected chi connectivity index (χ1v) is 10.5. The van der Waals surface area contributed by atoms with Crippen LogP contribution in [-0.2, 0) is 9.53 Å². The molecule has 0 spiro atoms. The number of hydrogen-bond acceptors (Lipinski definition) is 5. The molecule has 1 amide bonds. The molecule has 0 aliphatic heterocycles. The van der Waals surface area contributed by atoms with Gasteiger partial charge >= 0.3 is 5.97 Å². The number of nitrogens with zero attached hydrogens (tertiary/aromatic N) is 2. The smallest absolute Gasteiger partial charge is 0.339 e. The molecule has 2 atom stereocenters. The van der Waals surface area contributed by atoms with E-state index in [1.807, 2.05) is 24.3 Å². The second kappa shape index (κ2) is 9.56. The third-order valence-corrected chi connectivity index (χ3v) is 5.28. The van der Waals surface area contributed by atoms with Crippen molar-refractivity contribution in [2.24, 2.45) is 0 Å². The van der Waals surface area contributed by atoms with Crippen molar-refractivity contribution >= 4 is 22.8 Å². The molecule has 33 heavy (non-hydrogen) atoms. The van der Waals surface area contributed by atoms with Crippen molar-refractivity contribution in [3.8, 4) is 11.3 Å². The van der Waals surface area contributed by atoms with E-state index in [0.29, 0.717) is 22.2 Å². The first kappa shape index (κ1) is 22.1. The predicted octanol–water partition coefficient (Wildman–Crippen LogP) is 4.86. The molecule has 0 aliphatic rings. The van der Waals surface area contributed by atoms with Crippen LogP contribution in [0.15, 0.2) is 79.1 Å². The number of esters is 1. The normalized spacial score (nSPS) is 12.7. The Morgan fingerprint density at radius 1 is 1.00 bits per heavy atom. The fourth-order valence-corrected chi connectivity index (χ4v) is 3.45. The Hall–Kier alpha value is -4.13. The number of amides is 1. The molecule has 4 rings (SSSR count). The fourth-order valence-electron chi connectivity index (χ4n) is 3.45. The molecule has 0 unspecified atom stereocenters. The lowest BCUT2D eigenvalue weighted by Crippen LogP contribution is -2.37. The summed E-state index contributed by atoms with van der Waals surface area (Å²) < 4.78 is 18.6. The number of rotatable bonds is 6. The molecule has 0 radical (unpaired) electrons. The molecule has 166 valence electrons. The maximum atomic E-state index is 13.1.